The molecule has 12 aromatic carbocycles. The largest absolute Gasteiger partial charge is 0.508 e. The number of hydrogen-bond acceptors (Lipinski definition) is 24. The van der Waals surface area contributed by atoms with Crippen LogP contribution in [0.2, 0.25) is 0 Å². The van der Waals surface area contributed by atoms with Crippen LogP contribution in [0.5, 0.6) is 69.0 Å². The maximum atomic E-state index is 13.6. The van der Waals surface area contributed by atoms with Gasteiger partial charge in [0.15, 0.2) is 23.1 Å². The zero-order valence-corrected chi connectivity index (χ0v) is 78.7. The molecule has 8 heterocycles. The first-order valence-electron chi connectivity index (χ1n) is 46.5. The van der Waals surface area contributed by atoms with Gasteiger partial charge >= 0.3 is 0 Å². The third-order valence-corrected chi connectivity index (χ3v) is 29.9. The number of thiophene rings is 4. The first-order valence-corrected chi connectivity index (χ1v) is 49.8. The summed E-state index contributed by atoms with van der Waals surface area (Å²) in [6.45, 7) is 15.4. The Morgan fingerprint density at radius 1 is 0.221 bits per heavy atom. The van der Waals surface area contributed by atoms with Gasteiger partial charge in [0, 0.05) is 131 Å². The number of ketones is 4. The summed E-state index contributed by atoms with van der Waals surface area (Å²) >= 11 is 5.82. The van der Waals surface area contributed by atoms with Crippen LogP contribution in [0.3, 0.4) is 0 Å². The van der Waals surface area contributed by atoms with Crippen LogP contribution in [-0.2, 0) is 0 Å². The molecular weight excluding hydrogens is 1790 g/mol. The lowest BCUT2D eigenvalue weighted by atomic mass is 9.97. The Morgan fingerprint density at radius 3 is 0.581 bits per heavy atom. The lowest BCUT2D eigenvalue weighted by Gasteiger charge is -2.26. The molecule has 0 atom stereocenters. The number of fused-ring (bicyclic) bond motifs is 4. The van der Waals surface area contributed by atoms with E-state index in [9.17, 15) is 60.0 Å². The molecule has 0 saturated carbocycles. The van der Waals surface area contributed by atoms with Crippen LogP contribution in [-0.4, -0.2) is 189 Å². The molecule has 20 nitrogen and oxygen atoms in total. The van der Waals surface area contributed by atoms with E-state index in [2.05, 4.69) is 19.6 Å². The van der Waals surface area contributed by atoms with Crippen molar-refractivity contribution >= 4 is 109 Å². The predicted molar refractivity (Wildman–Crippen MR) is 545 cm³/mol. The van der Waals surface area contributed by atoms with Crippen molar-refractivity contribution < 1.29 is 79.0 Å². The van der Waals surface area contributed by atoms with Gasteiger partial charge in [0.2, 0.25) is 0 Å². The van der Waals surface area contributed by atoms with E-state index in [1.807, 2.05) is 97.1 Å². The molecule has 16 aromatic rings. The van der Waals surface area contributed by atoms with Gasteiger partial charge in [-0.3, -0.25) is 38.8 Å². The predicted octanol–water partition coefficient (Wildman–Crippen LogP) is 24.3. The molecule has 696 valence electrons. The van der Waals surface area contributed by atoms with Gasteiger partial charge in [-0.15, -0.1) is 45.3 Å². The molecule has 0 spiro atoms. The fourth-order valence-corrected chi connectivity index (χ4v) is 22.8. The highest BCUT2D eigenvalue weighted by molar-refractivity contribution is 7.24. The molecular formula is C112H108N4O16S4. The van der Waals surface area contributed by atoms with Crippen LogP contribution in [0.1, 0.15) is 141 Å². The second-order valence-corrected chi connectivity index (χ2v) is 38.8. The third kappa shape index (κ3) is 23.6. The number of phenolic OH excluding ortho intramolecular Hbond substituents is 8. The second-order valence-electron chi connectivity index (χ2n) is 34.6. The first-order chi connectivity index (χ1) is 66.3. The average Bonchev–Trinajstić information content (AvgIpc) is 1.63. The number of carbonyl (C=O) groups is 4. The van der Waals surface area contributed by atoms with Crippen LogP contribution < -0.4 is 18.9 Å². The van der Waals surface area contributed by atoms with Gasteiger partial charge in [-0.25, -0.2) is 0 Å². The van der Waals surface area contributed by atoms with Crippen LogP contribution in [0.4, 0.5) is 0 Å². The van der Waals surface area contributed by atoms with Gasteiger partial charge < -0.3 is 59.8 Å². The number of phenols is 8. The van der Waals surface area contributed by atoms with Crippen LogP contribution in [0.15, 0.2) is 267 Å². The van der Waals surface area contributed by atoms with Gasteiger partial charge in [0.05, 0.1) is 0 Å². The average molecular weight is 1890 g/mol. The highest BCUT2D eigenvalue weighted by Crippen LogP contribution is 2.47. The minimum atomic E-state index is -0.0834. The molecule has 0 aliphatic carbocycles. The lowest BCUT2D eigenvalue weighted by molar-refractivity contribution is 0.103. The molecule has 24 heteroatoms. The summed E-state index contributed by atoms with van der Waals surface area (Å²) in [6.07, 6.45) is 15.4. The standard InChI is InChI=1S/4C28H27NO4S/c4*30-21-8-4-20(5-9-21)28-26(24-13-10-22(31)18-25(24)34-28)27(32)19-6-11-23(12-7-19)33-17-16-29-14-2-1-3-15-29/h4*4-13,18,30-31H,1-3,14-17H2. The van der Waals surface area contributed by atoms with Gasteiger partial charge in [-0.05, 0) is 393 Å². The van der Waals surface area contributed by atoms with Crippen molar-refractivity contribution in [2.24, 2.45) is 0 Å². The van der Waals surface area contributed by atoms with Crippen molar-refractivity contribution in [3.63, 3.8) is 0 Å². The highest BCUT2D eigenvalue weighted by Gasteiger charge is 2.29. The van der Waals surface area contributed by atoms with Gasteiger partial charge in [0.1, 0.15) is 95.4 Å². The summed E-state index contributed by atoms with van der Waals surface area (Å²) in [6, 6.07) is 76.9. The molecule has 8 N–H and O–H groups in total. The second kappa shape index (κ2) is 44.8. The molecule has 0 unspecified atom stereocenters. The zero-order chi connectivity index (χ0) is 94.0. The van der Waals surface area contributed by atoms with E-state index in [1.165, 1.54) is 122 Å². The summed E-state index contributed by atoms with van der Waals surface area (Å²) in [7, 11) is 0. The Hall–Kier alpha value is -13.4. The van der Waals surface area contributed by atoms with Crippen LogP contribution in [0.25, 0.3) is 82.1 Å². The van der Waals surface area contributed by atoms with Gasteiger partial charge in [0.25, 0.3) is 0 Å². The maximum absolute atomic E-state index is 13.6. The maximum Gasteiger partial charge on any atom is 0.195 e. The van der Waals surface area contributed by atoms with Crippen LogP contribution >= 0.6 is 45.3 Å². The minimum Gasteiger partial charge on any atom is -0.508 e. The SMILES string of the molecule is O=C(c1ccc(OCCN2CCCCC2)cc1)c1c(-c2ccc(O)cc2)sc2cc(O)ccc12.O=C(c1ccc(OCCN2CCCCC2)cc1)c1c(-c2ccc(O)cc2)sc2cc(O)ccc12.O=C(c1ccc(OCCN2CCCCC2)cc1)c1c(-c2ccc(O)cc2)sc2cc(O)ccc12.O=C(c1ccc(OCCN2CCCCC2)cc1)c1c(-c2ccc(O)cc2)sc2cc(O)ccc12. The summed E-state index contributed by atoms with van der Waals surface area (Å²) in [5.74, 6) is 4.04. The van der Waals surface area contributed by atoms with E-state index < -0.39 is 0 Å². The summed E-state index contributed by atoms with van der Waals surface area (Å²) in [5.41, 5.74) is 8.11. The molecule has 4 saturated heterocycles. The van der Waals surface area contributed by atoms with Crippen molar-refractivity contribution in [3.05, 3.63) is 311 Å². The van der Waals surface area contributed by atoms with Gasteiger partial charge in [-0.2, -0.15) is 0 Å². The van der Waals surface area contributed by atoms with Crippen molar-refractivity contribution in [2.75, 3.05) is 105 Å². The number of aromatic hydroxyl groups is 8. The van der Waals surface area contributed by atoms with E-state index in [-0.39, 0.29) is 69.1 Å². The summed E-state index contributed by atoms with van der Waals surface area (Å²) < 4.78 is 27.0. The lowest BCUT2D eigenvalue weighted by Crippen LogP contribution is -2.33. The van der Waals surface area contributed by atoms with E-state index >= 15 is 0 Å². The van der Waals surface area contributed by atoms with E-state index in [0.29, 0.717) is 70.9 Å². The van der Waals surface area contributed by atoms with E-state index in [4.69, 9.17) is 18.9 Å². The number of ether oxygens (including phenoxy) is 4. The quantitative estimate of drug-likeness (QED) is 0.0212. The molecule has 136 heavy (non-hydrogen) atoms. The number of rotatable bonds is 28. The Kier molecular flexibility index (Phi) is 31.1. The van der Waals surface area contributed by atoms with Crippen molar-refractivity contribution in [1.82, 2.24) is 19.6 Å². The Morgan fingerprint density at radius 2 is 0.397 bits per heavy atom. The Balaban J connectivity index is 0.000000126. The number of benzene rings is 12. The Labute approximate surface area is 806 Å². The molecule has 4 aliphatic rings. The van der Waals surface area contributed by atoms with Crippen LogP contribution in [0, 0.1) is 0 Å². The molecule has 0 radical (unpaired) electrons. The summed E-state index contributed by atoms with van der Waals surface area (Å²) in [4.78, 5) is 67.6. The number of nitrogens with zero attached hydrogens (tertiary/aromatic N) is 4. The third-order valence-electron chi connectivity index (χ3n) is 25.1. The zero-order valence-electron chi connectivity index (χ0n) is 75.5. The van der Waals surface area contributed by atoms with Crippen molar-refractivity contribution in [2.45, 2.75) is 77.0 Å². The number of hydrogen-bond donors (Lipinski definition) is 8. The normalized spacial score (nSPS) is 14.4. The molecule has 4 aliphatic heterocycles. The summed E-state index contributed by atoms with van der Waals surface area (Å²) in [5, 5.41) is 81.8. The number of likely N-dealkylation sites (tertiary alicyclic amines) is 4. The smallest absolute Gasteiger partial charge is 0.195 e. The molecule has 4 aromatic heterocycles. The number of carbonyl (C=O) groups excluding carboxylic acids is 4. The Bertz CT molecular complexity index is 5970. The van der Waals surface area contributed by atoms with E-state index in [1.54, 1.807) is 170 Å². The van der Waals surface area contributed by atoms with Crippen molar-refractivity contribution in [1.29, 1.82) is 0 Å². The topological polar surface area (TPSA) is 280 Å². The molecule has 20 rings (SSSR count). The fourth-order valence-electron chi connectivity index (χ4n) is 17.8. The molecule has 4 fully saturated rings. The molecule has 0 amide bonds. The van der Waals surface area contributed by atoms with E-state index in [0.717, 1.165) is 184 Å². The molecule has 0 bridgehead atoms. The minimum absolute atomic E-state index is 0.0834. The van der Waals surface area contributed by atoms with Crippen molar-refractivity contribution in [3.8, 4) is 111 Å². The van der Waals surface area contributed by atoms with Gasteiger partial charge in [-0.1, -0.05) is 25.7 Å². The highest BCUT2D eigenvalue weighted by atomic mass is 32.1. The monoisotopic (exact) mass is 1890 g/mol. The number of piperidine rings is 4. The first kappa shape index (κ1) is 94.4. The fraction of sp³-hybridized carbons (Fsp3) is 0.250.